The molecule has 0 unspecified atom stereocenters. The Morgan fingerprint density at radius 2 is 1.75 bits per heavy atom. The smallest absolute Gasteiger partial charge is 0.336 e. The fourth-order valence-electron chi connectivity index (χ4n) is 2.15. The number of carboxylic acids is 1. The zero-order chi connectivity index (χ0) is 14.1. The van der Waals surface area contributed by atoms with Crippen LogP contribution in [0.5, 0.6) is 0 Å². The van der Waals surface area contributed by atoms with Crippen molar-refractivity contribution in [3.05, 3.63) is 60.2 Å². The van der Waals surface area contributed by atoms with Gasteiger partial charge in [-0.3, -0.25) is 0 Å². The van der Waals surface area contributed by atoms with E-state index in [-0.39, 0.29) is 5.56 Å². The molecule has 3 nitrogen and oxygen atoms in total. The van der Waals surface area contributed by atoms with Crippen LogP contribution < -0.4 is 5.46 Å². The lowest BCUT2D eigenvalue weighted by Crippen LogP contribution is -2.02. The van der Waals surface area contributed by atoms with Crippen molar-refractivity contribution in [1.29, 1.82) is 0 Å². The Balaban J connectivity index is 2.27. The molecule has 0 aliphatic carbocycles. The second-order valence-corrected chi connectivity index (χ2v) is 4.50. The van der Waals surface area contributed by atoms with Crippen molar-refractivity contribution in [2.45, 2.75) is 0 Å². The molecule has 0 bridgehead atoms. The molecule has 0 aliphatic rings. The van der Waals surface area contributed by atoms with Crippen molar-refractivity contribution < 1.29 is 9.90 Å². The molecule has 0 amide bonds. The van der Waals surface area contributed by atoms with Crippen molar-refractivity contribution >= 4 is 30.2 Å². The number of fused-ring (bicyclic) bond motifs is 1. The summed E-state index contributed by atoms with van der Waals surface area (Å²) < 4.78 is 0. The Morgan fingerprint density at radius 1 is 1.05 bits per heavy atom. The minimum atomic E-state index is -0.958. The fourth-order valence-corrected chi connectivity index (χ4v) is 2.15. The molecule has 0 saturated heterocycles. The van der Waals surface area contributed by atoms with Gasteiger partial charge < -0.3 is 5.11 Å². The lowest BCUT2D eigenvalue weighted by molar-refractivity contribution is 0.0699. The van der Waals surface area contributed by atoms with E-state index in [9.17, 15) is 9.90 Å². The van der Waals surface area contributed by atoms with Crippen LogP contribution in [0.25, 0.3) is 22.2 Å². The normalized spacial score (nSPS) is 10.6. The van der Waals surface area contributed by atoms with Crippen LogP contribution in [0.3, 0.4) is 0 Å². The number of hydrogen-bond donors (Lipinski definition) is 1. The number of carbonyl (C=O) groups is 1. The van der Waals surface area contributed by atoms with E-state index < -0.39 is 5.97 Å². The number of nitrogens with zero attached hydrogens (tertiary/aromatic N) is 1. The van der Waals surface area contributed by atoms with Crippen LogP contribution in [0.2, 0.25) is 0 Å². The summed E-state index contributed by atoms with van der Waals surface area (Å²) in [6, 6.07) is 16.0. The largest absolute Gasteiger partial charge is 0.478 e. The van der Waals surface area contributed by atoms with Gasteiger partial charge in [0.25, 0.3) is 0 Å². The van der Waals surface area contributed by atoms with Gasteiger partial charge in [0.1, 0.15) is 7.85 Å². The first-order valence-corrected chi connectivity index (χ1v) is 6.14. The number of pyridine rings is 1. The summed E-state index contributed by atoms with van der Waals surface area (Å²) in [7, 11) is 5.66. The van der Waals surface area contributed by atoms with Gasteiger partial charge in [-0.25, -0.2) is 9.78 Å². The zero-order valence-corrected chi connectivity index (χ0v) is 10.6. The Hall–Kier alpha value is -2.62. The van der Waals surface area contributed by atoms with E-state index in [2.05, 4.69) is 4.98 Å². The van der Waals surface area contributed by atoms with Crippen LogP contribution in [0, 0.1) is 0 Å². The van der Waals surface area contributed by atoms with E-state index in [1.54, 1.807) is 30.3 Å². The Bertz CT molecular complexity index is 797. The van der Waals surface area contributed by atoms with Crippen LogP contribution in [0.1, 0.15) is 10.4 Å². The van der Waals surface area contributed by atoms with Gasteiger partial charge in [0.15, 0.2) is 0 Å². The second-order valence-electron chi connectivity index (χ2n) is 4.50. The van der Waals surface area contributed by atoms with E-state index in [1.165, 1.54) is 0 Å². The highest BCUT2D eigenvalue weighted by molar-refractivity contribution is 6.32. The maximum absolute atomic E-state index is 11.4. The van der Waals surface area contributed by atoms with Crippen LogP contribution in [-0.2, 0) is 0 Å². The van der Waals surface area contributed by atoms with Crippen molar-refractivity contribution in [3.8, 4) is 11.3 Å². The summed E-state index contributed by atoms with van der Waals surface area (Å²) >= 11 is 0. The van der Waals surface area contributed by atoms with Crippen molar-refractivity contribution in [1.82, 2.24) is 4.98 Å². The lowest BCUT2D eigenvalue weighted by atomic mass is 9.94. The Morgan fingerprint density at radius 3 is 2.45 bits per heavy atom. The minimum Gasteiger partial charge on any atom is -0.478 e. The summed E-state index contributed by atoms with van der Waals surface area (Å²) in [6.07, 6.45) is 0. The number of hydrogen-bond acceptors (Lipinski definition) is 2. The molecule has 0 aliphatic heterocycles. The standard InChI is InChI=1S/C16H10BNO2/c17-11-7-5-10(6-8-11)15-9-13(16(19)20)12-3-1-2-4-14(12)18-15/h1-9H,(H,19,20). The van der Waals surface area contributed by atoms with Gasteiger partial charge >= 0.3 is 5.97 Å². The summed E-state index contributed by atoms with van der Waals surface area (Å²) in [5.74, 6) is -0.958. The molecule has 94 valence electrons. The third-order valence-corrected chi connectivity index (χ3v) is 3.15. The van der Waals surface area contributed by atoms with E-state index in [0.717, 1.165) is 5.56 Å². The third-order valence-electron chi connectivity index (χ3n) is 3.15. The number of para-hydroxylation sites is 1. The molecule has 2 radical (unpaired) electrons. The van der Waals surface area contributed by atoms with E-state index in [0.29, 0.717) is 22.1 Å². The van der Waals surface area contributed by atoms with Gasteiger partial charge in [-0.2, -0.15) is 0 Å². The predicted molar refractivity (Wildman–Crippen MR) is 79.5 cm³/mol. The fraction of sp³-hybridized carbons (Fsp3) is 0. The number of aromatic carboxylic acids is 1. The second kappa shape index (κ2) is 4.81. The van der Waals surface area contributed by atoms with Gasteiger partial charge in [0.2, 0.25) is 0 Å². The third kappa shape index (κ3) is 2.16. The molecule has 1 heterocycles. The molecule has 1 N–H and O–H groups in total. The molecular weight excluding hydrogens is 249 g/mol. The highest BCUT2D eigenvalue weighted by atomic mass is 16.4. The molecule has 4 heteroatoms. The van der Waals surface area contributed by atoms with Crippen LogP contribution >= 0.6 is 0 Å². The molecular formula is C16H10BNO2. The lowest BCUT2D eigenvalue weighted by Gasteiger charge is -2.07. The minimum absolute atomic E-state index is 0.252. The van der Waals surface area contributed by atoms with Crippen molar-refractivity contribution in [2.75, 3.05) is 0 Å². The summed E-state index contributed by atoms with van der Waals surface area (Å²) in [5.41, 5.74) is 3.04. The number of rotatable bonds is 2. The molecule has 0 saturated carbocycles. The topological polar surface area (TPSA) is 50.2 Å². The van der Waals surface area contributed by atoms with E-state index >= 15 is 0 Å². The molecule has 3 rings (SSSR count). The summed E-state index contributed by atoms with van der Waals surface area (Å²) in [5, 5.41) is 9.99. The average molecular weight is 259 g/mol. The van der Waals surface area contributed by atoms with Crippen molar-refractivity contribution in [3.63, 3.8) is 0 Å². The van der Waals surface area contributed by atoms with Gasteiger partial charge in [-0.15, -0.1) is 0 Å². The molecule has 20 heavy (non-hydrogen) atoms. The number of aromatic nitrogens is 1. The SMILES string of the molecule is [B]c1ccc(-c2cc(C(=O)O)c3ccccc3n2)cc1. The van der Waals surface area contributed by atoms with Gasteiger partial charge in [-0.1, -0.05) is 47.9 Å². The highest BCUT2D eigenvalue weighted by Gasteiger charge is 2.12. The van der Waals surface area contributed by atoms with Crippen LogP contribution in [0.15, 0.2) is 54.6 Å². The number of benzene rings is 2. The van der Waals surface area contributed by atoms with Crippen LogP contribution in [-0.4, -0.2) is 23.9 Å². The maximum Gasteiger partial charge on any atom is 0.336 e. The van der Waals surface area contributed by atoms with Crippen molar-refractivity contribution in [2.24, 2.45) is 0 Å². The highest BCUT2D eigenvalue weighted by Crippen LogP contribution is 2.24. The quantitative estimate of drug-likeness (QED) is 0.719. The number of carboxylic acid groups (broad SMARTS) is 1. The summed E-state index contributed by atoms with van der Waals surface area (Å²) in [4.78, 5) is 15.9. The first-order chi connectivity index (χ1) is 9.65. The Kier molecular flexibility index (Phi) is 2.99. The molecule has 0 atom stereocenters. The van der Waals surface area contributed by atoms with Crippen LogP contribution in [0.4, 0.5) is 0 Å². The predicted octanol–water partition coefficient (Wildman–Crippen LogP) is 2.39. The first-order valence-electron chi connectivity index (χ1n) is 6.14. The maximum atomic E-state index is 11.4. The van der Waals surface area contributed by atoms with E-state index in [4.69, 9.17) is 7.85 Å². The Labute approximate surface area is 117 Å². The summed E-state index contributed by atoms with van der Waals surface area (Å²) in [6.45, 7) is 0. The monoisotopic (exact) mass is 259 g/mol. The van der Waals surface area contributed by atoms with E-state index in [1.807, 2.05) is 24.3 Å². The zero-order valence-electron chi connectivity index (χ0n) is 10.6. The van der Waals surface area contributed by atoms with Gasteiger partial charge in [0, 0.05) is 10.9 Å². The molecule has 1 aromatic heterocycles. The molecule has 0 fully saturated rings. The molecule has 2 aromatic carbocycles. The first kappa shape index (κ1) is 12.4. The van der Waals surface area contributed by atoms with Gasteiger partial charge in [-0.05, 0) is 12.1 Å². The average Bonchev–Trinajstić information content (AvgIpc) is 2.46. The molecule has 0 spiro atoms. The molecule has 3 aromatic rings. The van der Waals surface area contributed by atoms with Gasteiger partial charge in [0.05, 0.1) is 16.8 Å².